The lowest BCUT2D eigenvalue weighted by molar-refractivity contribution is 0.137. The highest BCUT2D eigenvalue weighted by Gasteiger charge is 2.31. The molecule has 0 unspecified atom stereocenters. The Hall–Kier alpha value is -4.66. The van der Waals surface area contributed by atoms with E-state index in [4.69, 9.17) is 21.3 Å². The Morgan fingerprint density at radius 1 is 0.891 bits per heavy atom. The van der Waals surface area contributed by atoms with Crippen LogP contribution in [-0.2, 0) is 11.3 Å². The van der Waals surface area contributed by atoms with Crippen molar-refractivity contribution in [3.63, 3.8) is 0 Å². The highest BCUT2D eigenvalue weighted by Crippen LogP contribution is 2.44. The molecule has 1 aliphatic heterocycles. The number of amides is 1. The van der Waals surface area contributed by atoms with Crippen LogP contribution in [-0.4, -0.2) is 53.4 Å². The molecule has 2 heterocycles. The summed E-state index contributed by atoms with van der Waals surface area (Å²) in [6.07, 6.45) is -0.0372. The smallest absolute Gasteiger partial charge is 0.407 e. The predicted molar refractivity (Wildman–Crippen MR) is 182 cm³/mol. The van der Waals surface area contributed by atoms with Crippen LogP contribution in [0.3, 0.4) is 0 Å². The molecule has 1 saturated heterocycles. The van der Waals surface area contributed by atoms with Gasteiger partial charge in [-0.15, -0.1) is 0 Å². The molecule has 8 nitrogen and oxygen atoms in total. The Kier molecular flexibility index (Phi) is 8.47. The van der Waals surface area contributed by atoms with Crippen LogP contribution in [0.15, 0.2) is 102 Å². The molecule has 1 atom stereocenters. The van der Waals surface area contributed by atoms with E-state index in [0.29, 0.717) is 41.3 Å². The quantitative estimate of drug-likeness (QED) is 0.210. The number of rotatable bonds is 8. The summed E-state index contributed by atoms with van der Waals surface area (Å²) in [5.41, 5.74) is 6.16. The highest BCUT2D eigenvalue weighted by molar-refractivity contribution is 6.35. The summed E-state index contributed by atoms with van der Waals surface area (Å²) in [5.74, 6) is 0.414. The normalized spacial score (nSPS) is 15.4. The molecular weight excluding hydrogens is 598 g/mol. The summed E-state index contributed by atoms with van der Waals surface area (Å²) in [5, 5.41) is 5.78. The topological polar surface area (TPSA) is 79.7 Å². The highest BCUT2D eigenvalue weighted by atomic mass is 35.5. The SMILES string of the molecule is CC[C@H](NC(=O)OCC1c2ccccc2-c2ccccc21)c1nc2cccc(Cl)c2c(=O)n1N1CCN(Cc2ccccc2)CC1. The molecule has 9 heteroatoms. The van der Waals surface area contributed by atoms with Gasteiger partial charge in [-0.1, -0.05) is 103 Å². The van der Waals surface area contributed by atoms with E-state index in [1.54, 1.807) is 22.9 Å². The Labute approximate surface area is 273 Å². The van der Waals surface area contributed by atoms with Crippen molar-refractivity contribution < 1.29 is 9.53 Å². The number of alkyl carbamates (subject to hydrolysis) is 1. The zero-order chi connectivity index (χ0) is 31.6. The van der Waals surface area contributed by atoms with Crippen LogP contribution in [0.4, 0.5) is 4.79 Å². The van der Waals surface area contributed by atoms with Crippen molar-refractivity contribution in [3.05, 3.63) is 135 Å². The number of hydrogen-bond acceptors (Lipinski definition) is 6. The first-order valence-corrected chi connectivity index (χ1v) is 16.2. The van der Waals surface area contributed by atoms with Crippen LogP contribution >= 0.6 is 11.6 Å². The number of ether oxygens (including phenoxy) is 1. The zero-order valence-electron chi connectivity index (χ0n) is 25.7. The number of carbonyl (C=O) groups is 1. The van der Waals surface area contributed by atoms with E-state index in [1.807, 2.05) is 42.3 Å². The molecule has 5 aromatic rings. The third kappa shape index (κ3) is 5.74. The van der Waals surface area contributed by atoms with Crippen LogP contribution in [0.2, 0.25) is 5.02 Å². The number of piperazine rings is 1. The van der Waals surface area contributed by atoms with Gasteiger partial charge < -0.3 is 15.1 Å². The predicted octanol–water partition coefficient (Wildman–Crippen LogP) is 6.49. The van der Waals surface area contributed by atoms with E-state index in [2.05, 4.69) is 58.7 Å². The molecule has 234 valence electrons. The Morgan fingerprint density at radius 3 is 2.22 bits per heavy atom. The molecule has 0 radical (unpaired) electrons. The van der Waals surface area contributed by atoms with Gasteiger partial charge in [0.05, 0.1) is 22.0 Å². The van der Waals surface area contributed by atoms with Gasteiger partial charge in [0.2, 0.25) is 0 Å². The molecule has 2 aliphatic rings. The number of fused-ring (bicyclic) bond motifs is 4. The van der Waals surface area contributed by atoms with Crippen molar-refractivity contribution in [3.8, 4) is 11.1 Å². The number of aromatic nitrogens is 2. The van der Waals surface area contributed by atoms with E-state index >= 15 is 0 Å². The maximum atomic E-state index is 14.1. The maximum absolute atomic E-state index is 14.1. The van der Waals surface area contributed by atoms with Crippen molar-refractivity contribution in [2.45, 2.75) is 31.8 Å². The van der Waals surface area contributed by atoms with Gasteiger partial charge in [-0.2, -0.15) is 0 Å². The summed E-state index contributed by atoms with van der Waals surface area (Å²) in [4.78, 5) is 34.8. The molecule has 0 spiro atoms. The third-order valence-electron chi connectivity index (χ3n) is 9.09. The van der Waals surface area contributed by atoms with Crippen LogP contribution in [0.5, 0.6) is 0 Å². The molecule has 4 aromatic carbocycles. The molecule has 46 heavy (non-hydrogen) atoms. The van der Waals surface area contributed by atoms with Gasteiger partial charge >= 0.3 is 6.09 Å². The van der Waals surface area contributed by atoms with Gasteiger partial charge in [0, 0.05) is 38.6 Å². The standard InChI is InChI=1S/C37H36ClN5O3/c1-2-32(40-37(45)46-24-30-28-15-8-6-13-26(28)27-14-7-9-16-29(27)30)35-39-33-18-10-17-31(38)34(33)36(44)43(35)42-21-19-41(20-22-42)23-25-11-4-3-5-12-25/h3-18,30,32H,2,19-24H2,1H3,(H,40,45)/t32-/m0/s1. The lowest BCUT2D eigenvalue weighted by atomic mass is 9.98. The first kappa shape index (κ1) is 30.0. The molecule has 1 aliphatic carbocycles. The molecule has 0 bridgehead atoms. The van der Waals surface area contributed by atoms with Crippen molar-refractivity contribution in [2.75, 3.05) is 37.8 Å². The second-order valence-corrected chi connectivity index (χ2v) is 12.3. The summed E-state index contributed by atoms with van der Waals surface area (Å²) < 4.78 is 7.51. The number of nitrogens with zero attached hydrogens (tertiary/aromatic N) is 4. The molecule has 1 aromatic heterocycles. The minimum atomic E-state index is -0.561. The van der Waals surface area contributed by atoms with Gasteiger partial charge in [-0.25, -0.2) is 14.5 Å². The monoisotopic (exact) mass is 633 g/mol. The fraction of sp³-hybridized carbons (Fsp3) is 0.270. The van der Waals surface area contributed by atoms with Crippen LogP contribution < -0.4 is 15.9 Å². The van der Waals surface area contributed by atoms with E-state index in [1.165, 1.54) is 16.7 Å². The number of hydrogen-bond donors (Lipinski definition) is 1. The van der Waals surface area contributed by atoms with Crippen molar-refractivity contribution in [1.82, 2.24) is 19.9 Å². The Morgan fingerprint density at radius 2 is 1.54 bits per heavy atom. The first-order chi connectivity index (χ1) is 22.5. The van der Waals surface area contributed by atoms with Gasteiger partial charge in [-0.05, 0) is 46.4 Å². The van der Waals surface area contributed by atoms with E-state index in [0.717, 1.165) is 30.8 Å². The average Bonchev–Trinajstić information content (AvgIpc) is 3.40. The largest absolute Gasteiger partial charge is 0.449 e. The summed E-state index contributed by atoms with van der Waals surface area (Å²) in [6, 6.07) is 31.6. The van der Waals surface area contributed by atoms with Gasteiger partial charge in [-0.3, -0.25) is 9.69 Å². The summed E-state index contributed by atoms with van der Waals surface area (Å²) in [7, 11) is 0. The number of halogens is 1. The minimum absolute atomic E-state index is 0.0514. The van der Waals surface area contributed by atoms with Crippen molar-refractivity contribution in [1.29, 1.82) is 0 Å². The van der Waals surface area contributed by atoms with Crippen LogP contribution in [0, 0.1) is 0 Å². The maximum Gasteiger partial charge on any atom is 0.407 e. The van der Waals surface area contributed by atoms with E-state index < -0.39 is 12.1 Å². The van der Waals surface area contributed by atoms with Crippen molar-refractivity contribution in [2.24, 2.45) is 0 Å². The van der Waals surface area contributed by atoms with Gasteiger partial charge in [0.1, 0.15) is 6.61 Å². The molecule has 1 amide bonds. The van der Waals surface area contributed by atoms with Gasteiger partial charge in [0.25, 0.3) is 5.56 Å². The van der Waals surface area contributed by atoms with Crippen molar-refractivity contribution >= 4 is 28.6 Å². The Balaban J connectivity index is 1.13. The molecule has 1 N–H and O–H groups in total. The lowest BCUT2D eigenvalue weighted by Crippen LogP contribution is -2.55. The van der Waals surface area contributed by atoms with Crippen LogP contribution in [0.25, 0.3) is 22.0 Å². The number of nitrogens with one attached hydrogen (secondary N) is 1. The molecular formula is C37H36ClN5O3. The second-order valence-electron chi connectivity index (χ2n) is 11.9. The van der Waals surface area contributed by atoms with Crippen LogP contribution in [0.1, 0.15) is 47.8 Å². The minimum Gasteiger partial charge on any atom is -0.449 e. The Bertz CT molecular complexity index is 1890. The third-order valence-corrected chi connectivity index (χ3v) is 9.40. The average molecular weight is 634 g/mol. The fourth-order valence-electron chi connectivity index (χ4n) is 6.77. The second kappa shape index (κ2) is 13.0. The van der Waals surface area contributed by atoms with Gasteiger partial charge in [0.15, 0.2) is 5.82 Å². The summed E-state index contributed by atoms with van der Waals surface area (Å²) >= 11 is 6.54. The van der Waals surface area contributed by atoms with E-state index in [-0.39, 0.29) is 18.1 Å². The molecule has 7 rings (SSSR count). The number of carbonyl (C=O) groups excluding carboxylic acids is 1. The molecule has 1 fully saturated rings. The first-order valence-electron chi connectivity index (χ1n) is 15.9. The zero-order valence-corrected chi connectivity index (χ0v) is 26.5. The molecule has 0 saturated carbocycles. The lowest BCUT2D eigenvalue weighted by Gasteiger charge is -2.38. The summed E-state index contributed by atoms with van der Waals surface area (Å²) in [6.45, 7) is 5.81. The number of benzene rings is 4. The van der Waals surface area contributed by atoms with E-state index in [9.17, 15) is 9.59 Å². The fourth-order valence-corrected chi connectivity index (χ4v) is 7.02.